The molecule has 0 atom stereocenters. The number of hydrogen-bond donors (Lipinski definition) is 2. The van der Waals surface area contributed by atoms with Gasteiger partial charge in [0, 0.05) is 24.9 Å². The third kappa shape index (κ3) is 5.63. The van der Waals surface area contributed by atoms with Crippen LogP contribution in [0.2, 0.25) is 0 Å². The van der Waals surface area contributed by atoms with Crippen LogP contribution in [0.25, 0.3) is 0 Å². The molecule has 0 spiro atoms. The molecule has 4 nitrogen and oxygen atoms in total. The van der Waals surface area contributed by atoms with E-state index in [4.69, 9.17) is 11.6 Å². The number of halogens is 4. The Morgan fingerprint density at radius 2 is 1.90 bits per heavy atom. The van der Waals surface area contributed by atoms with Crippen molar-refractivity contribution < 1.29 is 22.8 Å². The zero-order valence-corrected chi connectivity index (χ0v) is 11.9. The lowest BCUT2D eigenvalue weighted by molar-refractivity contribution is -0.137. The van der Waals surface area contributed by atoms with Gasteiger partial charge in [0.25, 0.3) is 0 Å². The van der Waals surface area contributed by atoms with E-state index in [-0.39, 0.29) is 23.7 Å². The van der Waals surface area contributed by atoms with Gasteiger partial charge in [0.2, 0.25) is 11.8 Å². The maximum atomic E-state index is 13.0. The SMILES string of the molecule is CC(=O)Nc1ccc(NC(=O)CCCCl)c(C(F)(F)F)c1. The number of anilines is 2. The van der Waals surface area contributed by atoms with Gasteiger partial charge in [-0.15, -0.1) is 11.6 Å². The largest absolute Gasteiger partial charge is 0.418 e. The Morgan fingerprint density at radius 3 is 2.43 bits per heavy atom. The summed E-state index contributed by atoms with van der Waals surface area (Å²) >= 11 is 5.42. The van der Waals surface area contributed by atoms with Gasteiger partial charge in [-0.1, -0.05) is 0 Å². The number of rotatable bonds is 5. The van der Waals surface area contributed by atoms with E-state index in [0.29, 0.717) is 6.42 Å². The third-order valence-corrected chi connectivity index (χ3v) is 2.72. The van der Waals surface area contributed by atoms with Crippen molar-refractivity contribution in [3.05, 3.63) is 23.8 Å². The molecule has 0 radical (unpaired) electrons. The number of hydrogen-bond acceptors (Lipinski definition) is 2. The van der Waals surface area contributed by atoms with Crippen LogP contribution in [0, 0.1) is 0 Å². The first kappa shape index (κ1) is 17.3. The van der Waals surface area contributed by atoms with Crippen LogP contribution < -0.4 is 10.6 Å². The summed E-state index contributed by atoms with van der Waals surface area (Å²) in [5, 5.41) is 4.47. The molecule has 0 aromatic heterocycles. The van der Waals surface area contributed by atoms with E-state index in [1.54, 1.807) is 0 Å². The molecule has 0 saturated heterocycles. The average Bonchev–Trinajstić information content (AvgIpc) is 2.36. The van der Waals surface area contributed by atoms with Crippen LogP contribution in [0.4, 0.5) is 24.5 Å². The molecule has 2 amide bonds. The number of amides is 2. The molecule has 1 rings (SSSR count). The van der Waals surface area contributed by atoms with Crippen molar-refractivity contribution in [2.24, 2.45) is 0 Å². The fourth-order valence-electron chi connectivity index (χ4n) is 1.61. The third-order valence-electron chi connectivity index (χ3n) is 2.46. The van der Waals surface area contributed by atoms with Gasteiger partial charge in [0.1, 0.15) is 0 Å². The predicted octanol–water partition coefficient (Wildman–Crippen LogP) is 3.62. The molecular weight excluding hydrogens is 309 g/mol. The van der Waals surface area contributed by atoms with Gasteiger partial charge in [0.05, 0.1) is 11.3 Å². The molecule has 0 bridgehead atoms. The Labute approximate surface area is 124 Å². The Hall–Kier alpha value is -1.76. The normalized spacial score (nSPS) is 11.1. The second kappa shape index (κ2) is 7.31. The minimum absolute atomic E-state index is 0.00795. The van der Waals surface area contributed by atoms with Crippen molar-refractivity contribution in [2.75, 3.05) is 16.5 Å². The fraction of sp³-hybridized carbons (Fsp3) is 0.385. The molecule has 0 aliphatic heterocycles. The van der Waals surface area contributed by atoms with Crippen molar-refractivity contribution in [2.45, 2.75) is 25.9 Å². The first-order valence-electron chi connectivity index (χ1n) is 6.08. The number of carbonyl (C=O) groups excluding carboxylic acids is 2. The lowest BCUT2D eigenvalue weighted by atomic mass is 10.1. The standard InChI is InChI=1S/C13H14ClF3N2O2/c1-8(20)18-9-4-5-11(10(7-9)13(15,16)17)19-12(21)3-2-6-14/h4-5,7H,2-3,6H2,1H3,(H,18,20)(H,19,21). The van der Waals surface area contributed by atoms with Crippen molar-refractivity contribution >= 4 is 34.8 Å². The highest BCUT2D eigenvalue weighted by Gasteiger charge is 2.34. The Balaban J connectivity index is 3.02. The quantitative estimate of drug-likeness (QED) is 0.813. The lowest BCUT2D eigenvalue weighted by Crippen LogP contribution is -2.17. The average molecular weight is 323 g/mol. The van der Waals surface area contributed by atoms with Crippen LogP contribution in [0.15, 0.2) is 18.2 Å². The molecule has 2 N–H and O–H groups in total. The highest BCUT2D eigenvalue weighted by atomic mass is 35.5. The van der Waals surface area contributed by atoms with Gasteiger partial charge in [0.15, 0.2) is 0 Å². The summed E-state index contributed by atoms with van der Waals surface area (Å²) in [6.45, 7) is 1.19. The highest BCUT2D eigenvalue weighted by molar-refractivity contribution is 6.18. The van der Waals surface area contributed by atoms with Gasteiger partial charge in [-0.3, -0.25) is 9.59 Å². The minimum Gasteiger partial charge on any atom is -0.326 e. The van der Waals surface area contributed by atoms with Gasteiger partial charge in [-0.25, -0.2) is 0 Å². The molecule has 0 fully saturated rings. The second-order valence-corrected chi connectivity index (χ2v) is 4.66. The van der Waals surface area contributed by atoms with Crippen LogP contribution in [0.1, 0.15) is 25.3 Å². The summed E-state index contributed by atoms with van der Waals surface area (Å²) in [6.07, 6.45) is -4.24. The second-order valence-electron chi connectivity index (χ2n) is 4.28. The number of alkyl halides is 4. The maximum Gasteiger partial charge on any atom is 0.418 e. The monoisotopic (exact) mass is 322 g/mol. The summed E-state index contributed by atoms with van der Waals surface area (Å²) in [7, 11) is 0. The number of benzene rings is 1. The maximum absolute atomic E-state index is 13.0. The van der Waals surface area contributed by atoms with Crippen molar-refractivity contribution in [3.8, 4) is 0 Å². The van der Waals surface area contributed by atoms with Gasteiger partial charge >= 0.3 is 6.18 Å². The first-order chi connectivity index (χ1) is 9.74. The minimum atomic E-state index is -4.65. The summed E-state index contributed by atoms with van der Waals surface area (Å²) in [4.78, 5) is 22.4. The van der Waals surface area contributed by atoms with E-state index in [2.05, 4.69) is 10.6 Å². The molecule has 116 valence electrons. The molecule has 1 aromatic rings. The molecule has 0 aliphatic carbocycles. The van der Waals surface area contributed by atoms with Crippen molar-refractivity contribution in [1.29, 1.82) is 0 Å². The van der Waals surface area contributed by atoms with Gasteiger partial charge < -0.3 is 10.6 Å². The zero-order valence-electron chi connectivity index (χ0n) is 11.2. The lowest BCUT2D eigenvalue weighted by Gasteiger charge is -2.15. The van der Waals surface area contributed by atoms with Gasteiger partial charge in [-0.2, -0.15) is 13.2 Å². The molecule has 0 saturated carbocycles. The van der Waals surface area contributed by atoms with Crippen LogP contribution in [0.5, 0.6) is 0 Å². The van der Waals surface area contributed by atoms with E-state index in [1.807, 2.05) is 0 Å². The molecular formula is C13H14ClF3N2O2. The molecule has 0 unspecified atom stereocenters. The highest BCUT2D eigenvalue weighted by Crippen LogP contribution is 2.36. The van der Waals surface area contributed by atoms with Crippen LogP contribution in [0.3, 0.4) is 0 Å². The van der Waals surface area contributed by atoms with E-state index in [1.165, 1.54) is 13.0 Å². The van der Waals surface area contributed by atoms with Crippen molar-refractivity contribution in [3.63, 3.8) is 0 Å². The molecule has 21 heavy (non-hydrogen) atoms. The smallest absolute Gasteiger partial charge is 0.326 e. The molecule has 8 heteroatoms. The van der Waals surface area contributed by atoms with Crippen LogP contribution >= 0.6 is 11.6 Å². The summed E-state index contributed by atoms with van der Waals surface area (Å²) in [5.74, 6) is -0.781. The number of nitrogens with one attached hydrogen (secondary N) is 2. The summed E-state index contributed by atoms with van der Waals surface area (Å²) in [5.41, 5.74) is -1.36. The van der Waals surface area contributed by atoms with Crippen LogP contribution in [-0.2, 0) is 15.8 Å². The fourth-order valence-corrected chi connectivity index (χ4v) is 1.74. The van der Waals surface area contributed by atoms with E-state index < -0.39 is 23.6 Å². The Bertz CT molecular complexity index is 533. The number of carbonyl (C=O) groups is 2. The van der Waals surface area contributed by atoms with E-state index in [0.717, 1.165) is 12.1 Å². The first-order valence-corrected chi connectivity index (χ1v) is 6.62. The Morgan fingerprint density at radius 1 is 1.24 bits per heavy atom. The zero-order chi connectivity index (χ0) is 16.0. The summed E-state index contributed by atoms with van der Waals surface area (Å²) in [6, 6.07) is 3.17. The van der Waals surface area contributed by atoms with E-state index >= 15 is 0 Å². The predicted molar refractivity (Wildman–Crippen MR) is 74.3 cm³/mol. The van der Waals surface area contributed by atoms with Crippen molar-refractivity contribution in [1.82, 2.24) is 0 Å². The molecule has 1 aromatic carbocycles. The molecule has 0 aliphatic rings. The van der Waals surface area contributed by atoms with Crippen LogP contribution in [-0.4, -0.2) is 17.7 Å². The molecule has 0 heterocycles. The topological polar surface area (TPSA) is 58.2 Å². The van der Waals surface area contributed by atoms with E-state index in [9.17, 15) is 22.8 Å². The Kier molecular flexibility index (Phi) is 6.02. The summed E-state index contributed by atoms with van der Waals surface area (Å²) < 4.78 is 38.9. The van der Waals surface area contributed by atoms with Gasteiger partial charge in [-0.05, 0) is 24.6 Å².